The van der Waals surface area contributed by atoms with E-state index < -0.39 is 28.3 Å². The predicted molar refractivity (Wildman–Crippen MR) is 58.5 cm³/mol. The molecule has 0 saturated carbocycles. The van der Waals surface area contributed by atoms with Crippen molar-refractivity contribution >= 4 is 16.2 Å². The maximum atomic E-state index is 12.1. The Labute approximate surface area is 99.8 Å². The van der Waals surface area contributed by atoms with Crippen LogP contribution in [0.1, 0.15) is 19.3 Å². The van der Waals surface area contributed by atoms with Gasteiger partial charge >= 0.3 is 5.97 Å². The highest BCUT2D eigenvalue weighted by molar-refractivity contribution is 7.86. The van der Waals surface area contributed by atoms with E-state index in [0.717, 1.165) is 15.0 Å². The van der Waals surface area contributed by atoms with Crippen molar-refractivity contribution < 1.29 is 23.4 Å². The zero-order chi connectivity index (χ0) is 12.6. The van der Waals surface area contributed by atoms with Crippen LogP contribution in [0.2, 0.25) is 0 Å². The van der Waals surface area contributed by atoms with Crippen LogP contribution in [0.4, 0.5) is 0 Å². The molecule has 2 aliphatic rings. The van der Waals surface area contributed by atoms with Crippen molar-refractivity contribution in [1.29, 1.82) is 0 Å². The topological polar surface area (TPSA) is 98.2 Å². The maximum Gasteiger partial charge on any atom is 0.322 e. The van der Waals surface area contributed by atoms with E-state index >= 15 is 0 Å². The zero-order valence-corrected chi connectivity index (χ0v) is 10.1. The third kappa shape index (κ3) is 2.30. The summed E-state index contributed by atoms with van der Waals surface area (Å²) in [5.74, 6) is -1.10. The Bertz CT molecular complexity index is 404. The van der Waals surface area contributed by atoms with Crippen LogP contribution >= 0.6 is 0 Å². The summed E-state index contributed by atoms with van der Waals surface area (Å²) in [6.07, 6.45) is 1.13. The highest BCUT2D eigenvalue weighted by atomic mass is 32.2. The van der Waals surface area contributed by atoms with Gasteiger partial charge in [-0.25, -0.2) is 0 Å². The van der Waals surface area contributed by atoms with Crippen molar-refractivity contribution in [2.24, 2.45) is 0 Å². The lowest BCUT2D eigenvalue weighted by Crippen LogP contribution is -2.61. The molecule has 1 atom stereocenters. The minimum Gasteiger partial charge on any atom is -0.480 e. The number of aliphatic carboxylic acids is 1. The molecule has 17 heavy (non-hydrogen) atoms. The maximum absolute atomic E-state index is 12.1. The highest BCUT2D eigenvalue weighted by Crippen LogP contribution is 2.25. The largest absolute Gasteiger partial charge is 0.480 e. The van der Waals surface area contributed by atoms with Crippen molar-refractivity contribution in [3.63, 3.8) is 0 Å². The molecule has 0 aliphatic carbocycles. The number of rotatable bonds is 3. The number of carboxylic acids is 1. The second-order valence-corrected chi connectivity index (χ2v) is 6.32. The molecular weight excluding hydrogens is 248 g/mol. The van der Waals surface area contributed by atoms with Crippen LogP contribution in [-0.2, 0) is 15.0 Å². The van der Waals surface area contributed by atoms with E-state index in [-0.39, 0.29) is 19.6 Å². The molecule has 0 bridgehead atoms. The molecular formula is C9H16N2O5S. The third-order valence-corrected chi connectivity index (χ3v) is 5.17. The minimum atomic E-state index is -3.73. The Morgan fingerprint density at radius 1 is 1.24 bits per heavy atom. The Balaban J connectivity index is 2.16. The summed E-state index contributed by atoms with van der Waals surface area (Å²) in [7, 11) is -3.73. The molecule has 0 radical (unpaired) electrons. The zero-order valence-electron chi connectivity index (χ0n) is 9.32. The summed E-state index contributed by atoms with van der Waals surface area (Å²) in [4.78, 5) is 11.0. The lowest BCUT2D eigenvalue weighted by molar-refractivity contribution is -0.142. The Hall–Kier alpha value is -0.700. The van der Waals surface area contributed by atoms with E-state index in [1.54, 1.807) is 0 Å². The smallest absolute Gasteiger partial charge is 0.322 e. The van der Waals surface area contributed by atoms with Crippen LogP contribution in [0, 0.1) is 0 Å². The van der Waals surface area contributed by atoms with E-state index in [1.807, 2.05) is 0 Å². The van der Waals surface area contributed by atoms with Crippen LogP contribution in [0.3, 0.4) is 0 Å². The fraction of sp³-hybridized carbons (Fsp3) is 0.889. The van der Waals surface area contributed by atoms with Crippen molar-refractivity contribution in [3.8, 4) is 0 Å². The number of β-amino-alcohol motifs (C(OH)–C–C–N with tert-alkyl or cyclic N) is 1. The molecule has 2 fully saturated rings. The number of carboxylic acid groups (broad SMARTS) is 1. The van der Waals surface area contributed by atoms with Gasteiger partial charge in [0.1, 0.15) is 6.04 Å². The number of hydrogen-bond donors (Lipinski definition) is 2. The van der Waals surface area contributed by atoms with Gasteiger partial charge in [-0.1, -0.05) is 0 Å². The van der Waals surface area contributed by atoms with E-state index in [2.05, 4.69) is 0 Å². The van der Waals surface area contributed by atoms with Gasteiger partial charge in [-0.05, 0) is 19.3 Å². The standard InChI is InChI=1S/C9H16N2O5S/c12-7-5-10(6-7)17(15,16)11-4-2-1-3-8(11)9(13)14/h7-8,12H,1-6H2,(H,13,14). The molecule has 0 aromatic heterocycles. The molecule has 2 aliphatic heterocycles. The number of aliphatic hydroxyl groups is 1. The fourth-order valence-electron chi connectivity index (χ4n) is 2.18. The molecule has 0 aromatic rings. The first-order valence-corrected chi connectivity index (χ1v) is 7.00. The summed E-state index contributed by atoms with van der Waals surface area (Å²) in [5, 5.41) is 18.1. The molecule has 2 rings (SSSR count). The Kier molecular flexibility index (Phi) is 3.39. The lowest BCUT2D eigenvalue weighted by atomic mass is 10.1. The van der Waals surface area contributed by atoms with Crippen LogP contribution in [0.15, 0.2) is 0 Å². The van der Waals surface area contributed by atoms with Gasteiger partial charge in [0, 0.05) is 19.6 Å². The van der Waals surface area contributed by atoms with Crippen LogP contribution in [0.5, 0.6) is 0 Å². The Morgan fingerprint density at radius 3 is 2.41 bits per heavy atom. The van der Waals surface area contributed by atoms with E-state index in [4.69, 9.17) is 10.2 Å². The van der Waals surface area contributed by atoms with Crippen LogP contribution in [-0.4, -0.2) is 65.0 Å². The Morgan fingerprint density at radius 2 is 1.88 bits per heavy atom. The molecule has 0 spiro atoms. The van der Waals surface area contributed by atoms with E-state index in [0.29, 0.717) is 12.8 Å². The average molecular weight is 264 g/mol. The van der Waals surface area contributed by atoms with E-state index in [1.165, 1.54) is 0 Å². The SMILES string of the molecule is O=C(O)C1CCCCN1S(=O)(=O)N1CC(O)C1. The van der Waals surface area contributed by atoms with Gasteiger partial charge in [-0.3, -0.25) is 4.79 Å². The molecule has 2 heterocycles. The van der Waals surface area contributed by atoms with Gasteiger partial charge < -0.3 is 10.2 Å². The second kappa shape index (κ2) is 4.52. The molecule has 0 aromatic carbocycles. The monoisotopic (exact) mass is 264 g/mol. The summed E-state index contributed by atoms with van der Waals surface area (Å²) >= 11 is 0. The molecule has 2 N–H and O–H groups in total. The van der Waals surface area contributed by atoms with E-state index in [9.17, 15) is 13.2 Å². The summed E-state index contributed by atoms with van der Waals surface area (Å²) in [6.45, 7) is 0.363. The molecule has 8 heteroatoms. The molecule has 98 valence electrons. The van der Waals surface area contributed by atoms with Gasteiger partial charge in [0.25, 0.3) is 10.2 Å². The first-order chi connectivity index (χ1) is 7.93. The fourth-order valence-corrected chi connectivity index (χ4v) is 4.08. The molecule has 1 unspecified atom stereocenters. The van der Waals surface area contributed by atoms with Crippen molar-refractivity contribution in [2.75, 3.05) is 19.6 Å². The lowest BCUT2D eigenvalue weighted by Gasteiger charge is -2.41. The quantitative estimate of drug-likeness (QED) is 0.670. The van der Waals surface area contributed by atoms with Gasteiger partial charge in [-0.2, -0.15) is 17.0 Å². The molecule has 0 amide bonds. The number of hydrogen-bond acceptors (Lipinski definition) is 4. The van der Waals surface area contributed by atoms with Crippen molar-refractivity contribution in [3.05, 3.63) is 0 Å². The van der Waals surface area contributed by atoms with Crippen LogP contribution in [0.25, 0.3) is 0 Å². The van der Waals surface area contributed by atoms with Gasteiger partial charge in [0.15, 0.2) is 0 Å². The molecule has 2 saturated heterocycles. The van der Waals surface area contributed by atoms with Crippen molar-refractivity contribution in [2.45, 2.75) is 31.4 Å². The van der Waals surface area contributed by atoms with Gasteiger partial charge in [0.2, 0.25) is 0 Å². The first-order valence-electron chi connectivity index (χ1n) is 5.60. The van der Waals surface area contributed by atoms with Crippen LogP contribution < -0.4 is 0 Å². The summed E-state index contributed by atoms with van der Waals surface area (Å²) < 4.78 is 26.4. The third-order valence-electron chi connectivity index (χ3n) is 3.19. The first kappa shape index (κ1) is 12.7. The summed E-state index contributed by atoms with van der Waals surface area (Å²) in [5.41, 5.74) is 0. The van der Waals surface area contributed by atoms with Crippen molar-refractivity contribution in [1.82, 2.24) is 8.61 Å². The number of piperidine rings is 1. The number of aliphatic hydroxyl groups excluding tert-OH is 1. The average Bonchev–Trinajstić information content (AvgIpc) is 2.24. The van der Waals surface area contributed by atoms with Gasteiger partial charge in [-0.15, -0.1) is 0 Å². The molecule has 7 nitrogen and oxygen atoms in total. The summed E-state index contributed by atoms with van der Waals surface area (Å²) in [6, 6.07) is -0.966. The van der Waals surface area contributed by atoms with Gasteiger partial charge in [0.05, 0.1) is 6.10 Å². The predicted octanol–water partition coefficient (Wildman–Crippen LogP) is -1.15. The normalized spacial score (nSPS) is 28.9. The number of carbonyl (C=O) groups is 1. The highest BCUT2D eigenvalue weighted by Gasteiger charge is 2.44. The second-order valence-electron chi connectivity index (χ2n) is 4.44. The number of nitrogens with zero attached hydrogens (tertiary/aromatic N) is 2. The minimum absolute atomic E-state index is 0.0607.